The summed E-state index contributed by atoms with van der Waals surface area (Å²) < 4.78 is 0. The number of carbonyl (C=O) groups is 2. The Bertz CT molecular complexity index is 210. The molecule has 0 aromatic heterocycles. The maximum Gasteiger partial charge on any atom is 0.159 e. The van der Waals surface area contributed by atoms with Crippen molar-refractivity contribution < 1.29 is 19.8 Å². The third-order valence-corrected chi connectivity index (χ3v) is 2.57. The van der Waals surface area contributed by atoms with E-state index < -0.39 is 23.0 Å². The van der Waals surface area contributed by atoms with Crippen molar-refractivity contribution in [3.05, 3.63) is 0 Å². The van der Waals surface area contributed by atoms with E-state index in [0.29, 0.717) is 0 Å². The Morgan fingerprint density at radius 3 is 1.35 bits per heavy atom. The fraction of sp³-hybridized carbons (Fsp3) is 0.800. The minimum Gasteiger partial charge on any atom is -0.391 e. The molecule has 0 rings (SSSR count). The van der Waals surface area contributed by atoms with Gasteiger partial charge in [-0.2, -0.15) is 13.5 Å². The average Bonchev–Trinajstić information content (AvgIpc) is 2.15. The molecule has 0 saturated carbocycles. The zero-order valence-electron chi connectivity index (χ0n) is 10.3. The number of hydrogen-bond donors (Lipinski definition) is 2. The van der Waals surface area contributed by atoms with Crippen LogP contribution in [0.4, 0.5) is 0 Å². The second kappa shape index (κ2) is 11.3. The Labute approximate surface area is 119 Å². The smallest absolute Gasteiger partial charge is 0.159 e. The van der Waals surface area contributed by atoms with Gasteiger partial charge < -0.3 is 10.2 Å². The second-order valence-electron chi connectivity index (χ2n) is 3.49. The Kier molecular flexibility index (Phi) is 14.9. The number of rotatable bonds is 4. The molecule has 104 valence electrons. The van der Waals surface area contributed by atoms with Crippen LogP contribution in [0.1, 0.15) is 27.7 Å². The summed E-state index contributed by atoms with van der Waals surface area (Å²) in [6, 6.07) is 0. The third-order valence-electron chi connectivity index (χ3n) is 1.66. The van der Waals surface area contributed by atoms with Crippen molar-refractivity contribution in [2.75, 3.05) is 0 Å². The molecule has 0 saturated heterocycles. The first kappa shape index (κ1) is 22.4. The van der Waals surface area contributed by atoms with Crippen molar-refractivity contribution in [1.82, 2.24) is 0 Å². The SMILES string of the molecule is CC(=O)[C@@H](O)[C@@H](C)Cl.CC(=O)[C@H](Cl)[C@H](C)O.S. The molecule has 2 N–H and O–H groups in total. The van der Waals surface area contributed by atoms with Crippen LogP contribution in [-0.4, -0.2) is 44.7 Å². The average molecular weight is 307 g/mol. The summed E-state index contributed by atoms with van der Waals surface area (Å²) in [5.74, 6) is -0.478. The van der Waals surface area contributed by atoms with E-state index in [1.165, 1.54) is 20.8 Å². The van der Waals surface area contributed by atoms with Crippen LogP contribution in [0.15, 0.2) is 0 Å². The summed E-state index contributed by atoms with van der Waals surface area (Å²) in [5.41, 5.74) is 0. The first-order valence-electron chi connectivity index (χ1n) is 4.76. The lowest BCUT2D eigenvalue weighted by Crippen LogP contribution is -2.25. The highest BCUT2D eigenvalue weighted by Crippen LogP contribution is 2.02. The van der Waals surface area contributed by atoms with Crippen LogP contribution < -0.4 is 0 Å². The van der Waals surface area contributed by atoms with Gasteiger partial charge in [0.1, 0.15) is 17.3 Å². The molecule has 0 aromatic carbocycles. The number of alkyl halides is 2. The van der Waals surface area contributed by atoms with Crippen LogP contribution in [0, 0.1) is 0 Å². The predicted molar refractivity (Wildman–Crippen MR) is 74.4 cm³/mol. The van der Waals surface area contributed by atoms with E-state index in [9.17, 15) is 9.59 Å². The van der Waals surface area contributed by atoms with E-state index in [1.807, 2.05) is 0 Å². The van der Waals surface area contributed by atoms with Gasteiger partial charge in [-0.3, -0.25) is 9.59 Å². The van der Waals surface area contributed by atoms with E-state index in [-0.39, 0.29) is 25.1 Å². The molecule has 4 nitrogen and oxygen atoms in total. The van der Waals surface area contributed by atoms with Gasteiger partial charge in [-0.1, -0.05) is 0 Å². The summed E-state index contributed by atoms with van der Waals surface area (Å²) in [5, 5.41) is 16.1. The number of carbonyl (C=O) groups excluding carboxylic acids is 2. The Balaban J connectivity index is -0.000000218. The highest BCUT2D eigenvalue weighted by Gasteiger charge is 2.15. The number of Topliss-reactive ketones (excluding diaryl/α,β-unsaturated/α-hetero) is 2. The van der Waals surface area contributed by atoms with Crippen LogP contribution in [-0.2, 0) is 9.59 Å². The topological polar surface area (TPSA) is 74.6 Å². The minimum atomic E-state index is -1.00. The zero-order chi connectivity index (χ0) is 13.5. The number of halogens is 2. The number of ketones is 2. The van der Waals surface area contributed by atoms with E-state index in [1.54, 1.807) is 6.92 Å². The van der Waals surface area contributed by atoms with Crippen molar-refractivity contribution >= 4 is 48.3 Å². The molecule has 0 aliphatic heterocycles. The van der Waals surface area contributed by atoms with E-state index >= 15 is 0 Å². The highest BCUT2D eigenvalue weighted by atomic mass is 35.5. The van der Waals surface area contributed by atoms with Crippen molar-refractivity contribution in [2.45, 2.75) is 50.7 Å². The lowest BCUT2D eigenvalue weighted by molar-refractivity contribution is -0.124. The lowest BCUT2D eigenvalue weighted by Gasteiger charge is -2.06. The summed E-state index contributed by atoms with van der Waals surface area (Å²) in [6.07, 6.45) is -1.74. The number of hydrogen-bond acceptors (Lipinski definition) is 4. The molecule has 0 aliphatic rings. The van der Waals surface area contributed by atoms with Gasteiger partial charge >= 0.3 is 0 Å². The summed E-state index contributed by atoms with van der Waals surface area (Å²) in [7, 11) is 0. The number of aliphatic hydroxyl groups is 2. The van der Waals surface area contributed by atoms with Gasteiger partial charge in [0.05, 0.1) is 11.5 Å². The molecule has 0 fully saturated rings. The maximum atomic E-state index is 10.3. The van der Waals surface area contributed by atoms with Crippen molar-refractivity contribution in [3.8, 4) is 0 Å². The van der Waals surface area contributed by atoms with E-state index in [0.717, 1.165) is 0 Å². The van der Waals surface area contributed by atoms with Gasteiger partial charge in [0, 0.05) is 0 Å². The molecule has 0 radical (unpaired) electrons. The van der Waals surface area contributed by atoms with E-state index in [2.05, 4.69) is 0 Å². The van der Waals surface area contributed by atoms with Crippen molar-refractivity contribution in [1.29, 1.82) is 0 Å². The Hall–Kier alpha value is 0.190. The van der Waals surface area contributed by atoms with Gasteiger partial charge in [0.15, 0.2) is 5.78 Å². The molecule has 17 heavy (non-hydrogen) atoms. The van der Waals surface area contributed by atoms with E-state index in [4.69, 9.17) is 33.4 Å². The fourth-order valence-corrected chi connectivity index (χ4v) is 0.841. The monoisotopic (exact) mass is 306 g/mol. The third kappa shape index (κ3) is 12.4. The standard InChI is InChI=1S/2C5H9ClO2.H2S/c1-3(7)5(6)4(2)8;1-3(6)5(8)4(2)7;/h3,5,7H,1-2H3;3,5,8H,1-2H3;1H2/t2*3-,5+;/m01./s1. The second-order valence-corrected chi connectivity index (χ2v) is 4.64. The molecule has 0 spiro atoms. The van der Waals surface area contributed by atoms with Crippen LogP contribution in [0.3, 0.4) is 0 Å². The molecule has 4 atom stereocenters. The van der Waals surface area contributed by atoms with Crippen molar-refractivity contribution in [3.63, 3.8) is 0 Å². The zero-order valence-corrected chi connectivity index (χ0v) is 12.8. The molecular weight excluding hydrogens is 287 g/mol. The Morgan fingerprint density at radius 2 is 1.35 bits per heavy atom. The first-order valence-corrected chi connectivity index (χ1v) is 5.63. The quantitative estimate of drug-likeness (QED) is 0.766. The summed E-state index contributed by atoms with van der Waals surface area (Å²) in [6.45, 7) is 5.72. The predicted octanol–water partition coefficient (Wildman–Crippen LogP) is 1.24. The van der Waals surface area contributed by atoms with Crippen LogP contribution in [0.25, 0.3) is 0 Å². The maximum absolute atomic E-state index is 10.3. The normalized spacial score (nSPS) is 16.5. The van der Waals surface area contributed by atoms with Crippen molar-refractivity contribution in [2.24, 2.45) is 0 Å². The Morgan fingerprint density at radius 1 is 1.00 bits per heavy atom. The van der Waals surface area contributed by atoms with Crippen LogP contribution in [0.2, 0.25) is 0 Å². The van der Waals surface area contributed by atoms with Gasteiger partial charge in [-0.25, -0.2) is 0 Å². The molecule has 7 heteroatoms. The lowest BCUT2D eigenvalue weighted by atomic mass is 10.2. The molecule has 0 bridgehead atoms. The van der Waals surface area contributed by atoms with Gasteiger partial charge in [0.25, 0.3) is 0 Å². The molecule has 0 aliphatic carbocycles. The molecule has 0 aromatic rings. The highest BCUT2D eigenvalue weighted by molar-refractivity contribution is 7.59. The molecule has 0 amide bonds. The van der Waals surface area contributed by atoms with Crippen LogP contribution >= 0.6 is 36.7 Å². The minimum absolute atomic E-state index is 0. The van der Waals surface area contributed by atoms with Gasteiger partial charge in [-0.05, 0) is 27.7 Å². The number of aliphatic hydroxyl groups excluding tert-OH is 2. The van der Waals surface area contributed by atoms with Gasteiger partial charge in [-0.15, -0.1) is 23.2 Å². The molecule has 0 heterocycles. The largest absolute Gasteiger partial charge is 0.391 e. The van der Waals surface area contributed by atoms with Crippen LogP contribution in [0.5, 0.6) is 0 Å². The van der Waals surface area contributed by atoms with Gasteiger partial charge in [0.2, 0.25) is 0 Å². The molecule has 0 unspecified atom stereocenters. The first-order chi connectivity index (χ1) is 7.11. The summed E-state index contributed by atoms with van der Waals surface area (Å²) in [4.78, 5) is 20.5. The fourth-order valence-electron chi connectivity index (χ4n) is 0.663. The summed E-state index contributed by atoms with van der Waals surface area (Å²) >= 11 is 10.7. The molecular formula is C10H20Cl2O4S.